The maximum absolute atomic E-state index is 11.6. The van der Waals surface area contributed by atoms with Gasteiger partial charge in [-0.2, -0.15) is 4.74 Å². The van der Waals surface area contributed by atoms with Crippen molar-refractivity contribution >= 4 is 12.1 Å². The summed E-state index contributed by atoms with van der Waals surface area (Å²) in [4.78, 5) is 13.2. The predicted molar refractivity (Wildman–Crippen MR) is 60.8 cm³/mol. The molecule has 0 bridgehead atoms. The summed E-state index contributed by atoms with van der Waals surface area (Å²) in [5, 5.41) is 11.5. The van der Waals surface area contributed by atoms with Crippen LogP contribution in [-0.4, -0.2) is 27.4 Å². The van der Waals surface area contributed by atoms with Gasteiger partial charge in [-0.25, -0.2) is 0 Å². The van der Waals surface area contributed by atoms with Gasteiger partial charge >= 0.3 is 5.91 Å². The van der Waals surface area contributed by atoms with E-state index in [0.717, 1.165) is 11.8 Å². The Kier molecular flexibility index (Phi) is 2.42. The minimum Gasteiger partial charge on any atom is -0.622 e. The van der Waals surface area contributed by atoms with Gasteiger partial charge in [-0.1, -0.05) is 30.3 Å². The zero-order valence-corrected chi connectivity index (χ0v) is 9.38. The summed E-state index contributed by atoms with van der Waals surface area (Å²) in [5.74, 6) is -0.233. The molecule has 1 amide bonds. The third-order valence-electron chi connectivity index (χ3n) is 2.88. The van der Waals surface area contributed by atoms with Crippen LogP contribution >= 0.6 is 0 Å². The Morgan fingerprint density at radius 1 is 1.31 bits per heavy atom. The Morgan fingerprint density at radius 2 is 1.94 bits per heavy atom. The number of hydrogen-bond acceptors (Lipinski definition) is 2. The van der Waals surface area contributed by atoms with Gasteiger partial charge in [0.15, 0.2) is 0 Å². The highest BCUT2D eigenvalue weighted by Gasteiger charge is 2.44. The predicted octanol–water partition coefficient (Wildman–Crippen LogP) is 1.35. The number of rotatable bonds is 2. The molecular formula is C12H14N2O2. The molecule has 0 saturated heterocycles. The number of nitrogens with zero attached hydrogens (tertiary/aromatic N) is 2. The van der Waals surface area contributed by atoms with E-state index in [9.17, 15) is 10.0 Å². The van der Waals surface area contributed by atoms with E-state index in [1.807, 2.05) is 30.3 Å². The number of hydroxylamine groups is 1. The average molecular weight is 218 g/mol. The van der Waals surface area contributed by atoms with Gasteiger partial charge in [-0.3, -0.25) is 9.69 Å². The Morgan fingerprint density at radius 3 is 2.44 bits per heavy atom. The van der Waals surface area contributed by atoms with E-state index in [1.165, 1.54) is 0 Å². The molecule has 1 aromatic rings. The average Bonchev–Trinajstić information content (AvgIpc) is 2.43. The Hall–Kier alpha value is -1.84. The molecule has 16 heavy (non-hydrogen) atoms. The molecule has 1 aliphatic rings. The quantitative estimate of drug-likeness (QED) is 0.555. The van der Waals surface area contributed by atoms with E-state index in [1.54, 1.807) is 18.7 Å². The minimum absolute atomic E-state index is 0.233. The molecule has 0 fully saturated rings. The topological polar surface area (TPSA) is 46.4 Å². The van der Waals surface area contributed by atoms with Crippen molar-refractivity contribution in [1.82, 2.24) is 4.90 Å². The lowest BCUT2D eigenvalue weighted by molar-refractivity contribution is -0.554. The Balaban J connectivity index is 2.21. The first-order chi connectivity index (χ1) is 7.51. The molecule has 4 nitrogen and oxygen atoms in total. The van der Waals surface area contributed by atoms with Crippen LogP contribution in [0.15, 0.2) is 30.3 Å². The van der Waals surface area contributed by atoms with Gasteiger partial charge in [0.05, 0.1) is 6.54 Å². The molecule has 0 spiro atoms. The molecule has 4 heteroatoms. The molecular weight excluding hydrogens is 204 g/mol. The van der Waals surface area contributed by atoms with Gasteiger partial charge in [0.25, 0.3) is 0 Å². The molecule has 0 aliphatic carbocycles. The number of carbonyl (C=O) groups excluding carboxylic acids is 1. The first kappa shape index (κ1) is 10.7. The highest BCUT2D eigenvalue weighted by molar-refractivity contribution is 6.25. The maximum Gasteiger partial charge on any atom is 0.317 e. The van der Waals surface area contributed by atoms with Gasteiger partial charge < -0.3 is 5.21 Å². The molecule has 1 aromatic carbocycles. The summed E-state index contributed by atoms with van der Waals surface area (Å²) < 4.78 is 0.707. The normalized spacial score (nSPS) is 18.8. The van der Waals surface area contributed by atoms with Crippen molar-refractivity contribution < 1.29 is 9.53 Å². The molecule has 0 saturated carbocycles. The van der Waals surface area contributed by atoms with Gasteiger partial charge in [-0.15, -0.1) is 0 Å². The molecule has 0 unspecified atom stereocenters. The van der Waals surface area contributed by atoms with Gasteiger partial charge in [0.2, 0.25) is 11.9 Å². The van der Waals surface area contributed by atoms with Crippen molar-refractivity contribution in [2.75, 3.05) is 0 Å². The highest BCUT2D eigenvalue weighted by atomic mass is 16.5. The lowest BCUT2D eigenvalue weighted by atomic mass is 10.1. The van der Waals surface area contributed by atoms with Crippen molar-refractivity contribution in [2.24, 2.45) is 0 Å². The summed E-state index contributed by atoms with van der Waals surface area (Å²) in [6, 6.07) is 9.64. The van der Waals surface area contributed by atoms with Crippen molar-refractivity contribution in [3.63, 3.8) is 0 Å². The van der Waals surface area contributed by atoms with Crippen LogP contribution in [0.1, 0.15) is 19.4 Å². The number of amides is 1. The summed E-state index contributed by atoms with van der Waals surface area (Å²) in [6.45, 7) is 3.94. The second-order valence-corrected chi connectivity index (χ2v) is 4.36. The van der Waals surface area contributed by atoms with E-state index < -0.39 is 5.66 Å². The van der Waals surface area contributed by atoms with E-state index in [2.05, 4.69) is 0 Å². The van der Waals surface area contributed by atoms with E-state index in [-0.39, 0.29) is 5.91 Å². The fourth-order valence-corrected chi connectivity index (χ4v) is 1.75. The Labute approximate surface area is 94.4 Å². The van der Waals surface area contributed by atoms with Crippen molar-refractivity contribution in [2.45, 2.75) is 26.1 Å². The van der Waals surface area contributed by atoms with Crippen LogP contribution in [0.3, 0.4) is 0 Å². The van der Waals surface area contributed by atoms with Gasteiger partial charge in [0, 0.05) is 13.8 Å². The van der Waals surface area contributed by atoms with Crippen LogP contribution in [0.25, 0.3) is 0 Å². The van der Waals surface area contributed by atoms with Crippen LogP contribution in [0.5, 0.6) is 0 Å². The van der Waals surface area contributed by atoms with E-state index in [4.69, 9.17) is 0 Å². The first-order valence-electron chi connectivity index (χ1n) is 5.18. The molecule has 0 atom stereocenters. The molecule has 1 aliphatic heterocycles. The zero-order chi connectivity index (χ0) is 11.8. The molecule has 0 aromatic heterocycles. The number of carbonyl (C=O) groups is 1. The molecule has 2 rings (SSSR count). The highest BCUT2D eigenvalue weighted by Crippen LogP contribution is 2.22. The van der Waals surface area contributed by atoms with Crippen LogP contribution in [-0.2, 0) is 11.3 Å². The number of benzene rings is 1. The van der Waals surface area contributed by atoms with Gasteiger partial charge in [-0.05, 0) is 5.56 Å². The standard InChI is InChI=1S/C12H14N2O2/c1-12(2)13(11(15)9-14(12)16)8-10-6-4-3-5-7-10/h3-7,9H,8H2,1-2H3. The molecule has 0 N–H and O–H groups in total. The van der Waals surface area contributed by atoms with E-state index >= 15 is 0 Å². The lowest BCUT2D eigenvalue weighted by Gasteiger charge is -2.29. The van der Waals surface area contributed by atoms with E-state index in [0.29, 0.717) is 11.3 Å². The van der Waals surface area contributed by atoms with Crippen molar-refractivity contribution in [1.29, 1.82) is 0 Å². The summed E-state index contributed by atoms with van der Waals surface area (Å²) in [7, 11) is 0. The first-order valence-corrected chi connectivity index (χ1v) is 5.18. The fraction of sp³-hybridized carbons (Fsp3) is 0.333. The zero-order valence-electron chi connectivity index (χ0n) is 9.38. The molecule has 1 heterocycles. The van der Waals surface area contributed by atoms with Crippen molar-refractivity contribution in [3.05, 3.63) is 41.1 Å². The number of hydrogen-bond donors (Lipinski definition) is 0. The second-order valence-electron chi connectivity index (χ2n) is 4.36. The molecule has 84 valence electrons. The monoisotopic (exact) mass is 218 g/mol. The SMILES string of the molecule is CC1(C)N(Cc2ccccc2)C(=O)C=[N+]1[O-]. The summed E-state index contributed by atoms with van der Waals surface area (Å²) in [6.07, 6.45) is 1.10. The Bertz CT molecular complexity index is 438. The second kappa shape index (κ2) is 3.63. The molecule has 0 radical (unpaired) electrons. The third kappa shape index (κ3) is 1.66. The van der Waals surface area contributed by atoms with Crippen LogP contribution in [0, 0.1) is 5.21 Å². The lowest BCUT2D eigenvalue weighted by Crippen LogP contribution is -2.46. The van der Waals surface area contributed by atoms with Crippen molar-refractivity contribution in [3.8, 4) is 0 Å². The third-order valence-corrected chi connectivity index (χ3v) is 2.88. The largest absolute Gasteiger partial charge is 0.622 e. The summed E-state index contributed by atoms with van der Waals surface area (Å²) >= 11 is 0. The van der Waals surface area contributed by atoms with Gasteiger partial charge in [0.1, 0.15) is 0 Å². The van der Waals surface area contributed by atoms with Crippen LogP contribution in [0.4, 0.5) is 0 Å². The summed E-state index contributed by atoms with van der Waals surface area (Å²) in [5.41, 5.74) is 0.222. The smallest absolute Gasteiger partial charge is 0.317 e. The fourth-order valence-electron chi connectivity index (χ4n) is 1.75. The van der Waals surface area contributed by atoms with Crippen LogP contribution < -0.4 is 0 Å². The minimum atomic E-state index is -0.799. The van der Waals surface area contributed by atoms with Crippen LogP contribution in [0.2, 0.25) is 0 Å². The maximum atomic E-state index is 11.6.